The van der Waals surface area contributed by atoms with Gasteiger partial charge in [-0.15, -0.1) is 11.3 Å². The zero-order chi connectivity index (χ0) is 82.2. The average molecular weight is 1660 g/mol. The van der Waals surface area contributed by atoms with Crippen molar-refractivity contribution in [2.45, 2.75) is 59.5 Å². The van der Waals surface area contributed by atoms with Gasteiger partial charge in [0.15, 0.2) is 0 Å². The molecule has 5 aliphatic rings. The van der Waals surface area contributed by atoms with Gasteiger partial charge in [-0.1, -0.05) is 371 Å². The number of ether oxygens (including phenoxy) is 1. The van der Waals surface area contributed by atoms with Crippen LogP contribution in [0.25, 0.3) is 86.6 Å². The summed E-state index contributed by atoms with van der Waals surface area (Å²) in [5.74, 6) is 1.84. The van der Waals surface area contributed by atoms with Crippen LogP contribution in [0.5, 0.6) is 11.5 Å². The SMILES string of the molecule is CC1(C)c2cc(N(c3ccccc3)c3ccccc3)ccc2-c2ccc(C3(c4ccc(-c5ccccc5)cc4)c4ccccc4-c4c3ccc3c4Sc4ccccc4S3)cc21.c1ccc(-c2ccc(N(c3ccc(C4(c5ccc6c(c5)sc5ccccc56)c5ccccc5-c5c4ccc4c5Oc5ccccc5S4)cc3)c3cccc4ccccc34)cc2)cc1. The molecule has 0 amide bonds. The molecule has 7 heteroatoms. The Morgan fingerprint density at radius 1 is 0.250 bits per heavy atom. The van der Waals surface area contributed by atoms with Gasteiger partial charge in [-0.25, -0.2) is 0 Å². The maximum absolute atomic E-state index is 6.95. The highest BCUT2D eigenvalue weighted by Gasteiger charge is 2.51. The van der Waals surface area contributed by atoms with Crippen LogP contribution in [0.3, 0.4) is 0 Å². The van der Waals surface area contributed by atoms with E-state index in [1.807, 2.05) is 34.9 Å². The molecule has 586 valence electrons. The van der Waals surface area contributed by atoms with Crippen LogP contribution in [0.4, 0.5) is 34.1 Å². The smallest absolute Gasteiger partial charge is 0.149 e. The summed E-state index contributed by atoms with van der Waals surface area (Å²) < 4.78 is 9.54. The summed E-state index contributed by atoms with van der Waals surface area (Å²) in [4.78, 5) is 12.4. The first-order valence-electron chi connectivity index (χ1n) is 42.5. The topological polar surface area (TPSA) is 15.7 Å². The van der Waals surface area contributed by atoms with Crippen molar-refractivity contribution in [1.29, 1.82) is 0 Å². The highest BCUT2D eigenvalue weighted by Crippen LogP contribution is 2.66. The molecule has 3 heterocycles. The highest BCUT2D eigenvalue weighted by molar-refractivity contribution is 8.05. The van der Waals surface area contributed by atoms with E-state index in [-0.39, 0.29) is 5.41 Å². The fourth-order valence-corrected chi connectivity index (χ4v) is 25.1. The molecule has 124 heavy (non-hydrogen) atoms. The van der Waals surface area contributed by atoms with Crippen LogP contribution < -0.4 is 14.5 Å². The van der Waals surface area contributed by atoms with Gasteiger partial charge in [-0.3, -0.25) is 0 Å². The van der Waals surface area contributed by atoms with Crippen LogP contribution >= 0.6 is 46.6 Å². The van der Waals surface area contributed by atoms with Crippen molar-refractivity contribution in [3.8, 4) is 67.1 Å². The quantitative estimate of drug-likeness (QED) is 0.120. The van der Waals surface area contributed by atoms with Crippen LogP contribution in [0.1, 0.15) is 69.5 Å². The minimum absolute atomic E-state index is 0.249. The first-order chi connectivity index (χ1) is 61.2. The van der Waals surface area contributed by atoms with Gasteiger partial charge < -0.3 is 14.5 Å². The number of thiophene rings is 1. The molecule has 19 aromatic carbocycles. The Kier molecular flexibility index (Phi) is 17.7. The van der Waals surface area contributed by atoms with Crippen molar-refractivity contribution in [2.75, 3.05) is 9.80 Å². The van der Waals surface area contributed by atoms with Gasteiger partial charge >= 0.3 is 0 Å². The molecular weight excluding hydrogens is 1580 g/mol. The monoisotopic (exact) mass is 1650 g/mol. The van der Waals surface area contributed by atoms with Crippen LogP contribution in [-0.2, 0) is 16.2 Å². The molecule has 20 aromatic rings. The standard InChI is InChI=1S/C59H37NOS2.C58H41NS2/c1-2-13-38(14-3-1)39-25-30-43(31-26-39)60(51-21-12-16-40-15-4-5-17-45(40)51)44-32-27-41(28-33-44)59(42-29-34-47-46-18-7-10-23-53(46)62-56(47)37-42)49-20-8-6-19-48(49)57-50(59)35-36-55-58(57)61-52-22-9-11-24-54(52)63-55;1-57(2)50-36-41(30-32-45(50)46-33-31-44(37-51(46)57)59(42-18-8-4-9-19-42)43-20-10-5-11-21-43)58(40-28-26-39(27-29-40)38-16-6-3-7-17-38)48-23-13-12-22-47(48)55-49(58)34-35-54-56(55)61-53-25-15-14-24-52(53)60-54/h1-37H;3-37H,1-2H3. The van der Waals surface area contributed by atoms with Crippen molar-refractivity contribution in [3.63, 3.8) is 0 Å². The Balaban J connectivity index is 0.000000139. The van der Waals surface area contributed by atoms with E-state index < -0.39 is 10.8 Å². The summed E-state index contributed by atoms with van der Waals surface area (Å²) in [6.45, 7) is 4.83. The normalized spacial score (nSPS) is 15.4. The first-order valence-corrected chi connectivity index (χ1v) is 45.7. The molecule has 0 saturated heterocycles. The lowest BCUT2D eigenvalue weighted by molar-refractivity contribution is 0.456. The van der Waals surface area contributed by atoms with Crippen LogP contribution in [-0.4, -0.2) is 0 Å². The molecule has 2 aliphatic heterocycles. The van der Waals surface area contributed by atoms with Crippen LogP contribution in [0, 0.1) is 0 Å². The van der Waals surface area contributed by atoms with E-state index in [2.05, 4.69) is 460 Å². The number of hydrogen-bond acceptors (Lipinski definition) is 7. The van der Waals surface area contributed by atoms with E-state index in [1.54, 1.807) is 11.8 Å². The molecule has 3 aliphatic carbocycles. The summed E-state index contributed by atoms with van der Waals surface area (Å²) >= 11 is 7.49. The highest BCUT2D eigenvalue weighted by atomic mass is 32.2. The largest absolute Gasteiger partial charge is 0.454 e. The number of para-hydroxylation sites is 3. The molecule has 0 N–H and O–H groups in total. The number of benzene rings is 19. The fraction of sp³-hybridized carbons (Fsp3) is 0.0427. The number of anilines is 6. The van der Waals surface area contributed by atoms with Gasteiger partial charge in [0.2, 0.25) is 0 Å². The lowest BCUT2D eigenvalue weighted by Gasteiger charge is -2.35. The third-order valence-corrected chi connectivity index (χ3v) is 31.1. The van der Waals surface area contributed by atoms with Crippen LogP contribution in [0.2, 0.25) is 0 Å². The predicted octanol–water partition coefficient (Wildman–Crippen LogP) is 33.1. The molecule has 0 spiro atoms. The molecule has 25 rings (SSSR count). The van der Waals surface area contributed by atoms with Crippen molar-refractivity contribution >= 4 is 112 Å². The predicted molar refractivity (Wildman–Crippen MR) is 521 cm³/mol. The van der Waals surface area contributed by atoms with Crippen LogP contribution in [0.15, 0.2) is 466 Å². The van der Waals surface area contributed by atoms with E-state index >= 15 is 0 Å². The van der Waals surface area contributed by atoms with Crippen molar-refractivity contribution in [2.24, 2.45) is 0 Å². The molecule has 1 aromatic heterocycles. The minimum atomic E-state index is -0.629. The van der Waals surface area contributed by atoms with Gasteiger partial charge in [0, 0.05) is 90.1 Å². The number of rotatable bonds is 12. The molecule has 0 fully saturated rings. The number of fused-ring (bicyclic) bond motifs is 19. The minimum Gasteiger partial charge on any atom is -0.454 e. The maximum Gasteiger partial charge on any atom is 0.149 e. The van der Waals surface area contributed by atoms with Gasteiger partial charge in [0.05, 0.1) is 26.3 Å². The summed E-state index contributed by atoms with van der Waals surface area (Å²) in [7, 11) is 0. The van der Waals surface area contributed by atoms with Gasteiger partial charge in [0.1, 0.15) is 11.5 Å². The van der Waals surface area contributed by atoms with E-state index in [1.165, 1.54) is 162 Å². The van der Waals surface area contributed by atoms with Gasteiger partial charge in [-0.2, -0.15) is 0 Å². The Morgan fingerprint density at radius 2 is 0.702 bits per heavy atom. The Hall–Kier alpha value is -13.9. The van der Waals surface area contributed by atoms with E-state index in [0.717, 1.165) is 55.4 Å². The fourth-order valence-electron chi connectivity index (χ4n) is 20.6. The first kappa shape index (κ1) is 74.0. The molecule has 0 radical (unpaired) electrons. The maximum atomic E-state index is 6.95. The second-order valence-electron chi connectivity index (χ2n) is 33.2. The van der Waals surface area contributed by atoms with Crippen molar-refractivity contribution in [3.05, 3.63) is 492 Å². The second kappa shape index (κ2) is 29.7. The van der Waals surface area contributed by atoms with E-state index in [0.29, 0.717) is 0 Å². The zero-order valence-electron chi connectivity index (χ0n) is 68.0. The third kappa shape index (κ3) is 11.7. The Morgan fingerprint density at radius 3 is 1.38 bits per heavy atom. The molecule has 2 unspecified atom stereocenters. The molecule has 0 saturated carbocycles. The molecule has 2 atom stereocenters. The van der Waals surface area contributed by atoms with Gasteiger partial charge in [-0.05, 0) is 221 Å². The molecule has 0 bridgehead atoms. The zero-order valence-corrected chi connectivity index (χ0v) is 71.3. The number of hydrogen-bond donors (Lipinski definition) is 0. The third-order valence-electron chi connectivity index (χ3n) is 26.2. The Bertz CT molecular complexity index is 7590. The average Bonchev–Trinajstić information content (AvgIpc) is 1.52. The van der Waals surface area contributed by atoms with Gasteiger partial charge in [0.25, 0.3) is 0 Å². The lowest BCUT2D eigenvalue weighted by atomic mass is 9.66. The second-order valence-corrected chi connectivity index (χ2v) is 37.5. The molecular formula is C117H78N2OS4. The summed E-state index contributed by atoms with van der Waals surface area (Å²) in [5, 5.41) is 5.01. The summed E-state index contributed by atoms with van der Waals surface area (Å²) in [5.41, 5.74) is 30.8. The van der Waals surface area contributed by atoms with E-state index in [9.17, 15) is 0 Å². The van der Waals surface area contributed by atoms with E-state index in [4.69, 9.17) is 4.74 Å². The van der Waals surface area contributed by atoms with Crippen molar-refractivity contribution < 1.29 is 4.74 Å². The molecule has 3 nitrogen and oxygen atoms in total. The Labute approximate surface area is 739 Å². The summed E-state index contributed by atoms with van der Waals surface area (Å²) in [6, 6.07) is 161. The number of nitrogens with zero attached hydrogens (tertiary/aromatic N) is 2. The lowest BCUT2D eigenvalue weighted by Crippen LogP contribution is -2.29. The summed E-state index contributed by atoms with van der Waals surface area (Å²) in [6.07, 6.45) is 0. The van der Waals surface area contributed by atoms with Crippen molar-refractivity contribution in [1.82, 2.24) is 0 Å².